The highest BCUT2D eigenvalue weighted by Gasteiger charge is 2.19. The average molecular weight is 324 g/mol. The van der Waals surface area contributed by atoms with E-state index in [1.165, 1.54) is 24.0 Å². The summed E-state index contributed by atoms with van der Waals surface area (Å²) in [7, 11) is 0. The molecule has 1 aromatic carbocycles. The van der Waals surface area contributed by atoms with Crippen LogP contribution in [-0.4, -0.2) is 17.0 Å². The average Bonchev–Trinajstić information content (AvgIpc) is 2.65. The lowest BCUT2D eigenvalue weighted by Crippen LogP contribution is -2.37. The van der Waals surface area contributed by atoms with Crippen LogP contribution in [0, 0.1) is 0 Å². The van der Waals surface area contributed by atoms with Crippen molar-refractivity contribution < 1.29 is 9.53 Å². The minimum absolute atomic E-state index is 0.0842. The van der Waals surface area contributed by atoms with Gasteiger partial charge in [0, 0.05) is 18.9 Å². The van der Waals surface area contributed by atoms with Crippen molar-refractivity contribution in [3.05, 3.63) is 59.4 Å². The van der Waals surface area contributed by atoms with Crippen LogP contribution in [0.2, 0.25) is 0 Å². The number of ether oxygens (including phenoxy) is 1. The van der Waals surface area contributed by atoms with Crippen molar-refractivity contribution in [3.8, 4) is 5.75 Å². The quantitative estimate of drug-likeness (QED) is 0.885. The monoisotopic (exact) mass is 324 g/mol. The zero-order chi connectivity index (χ0) is 16.8. The van der Waals surface area contributed by atoms with Gasteiger partial charge >= 0.3 is 0 Å². The SMILES string of the molecule is CCC(Oc1ccc2c(c1)CCCC2)C(=O)NCc1cccnc1. The fourth-order valence-corrected chi connectivity index (χ4v) is 3.08. The molecule has 3 rings (SSSR count). The van der Waals surface area contributed by atoms with Gasteiger partial charge in [0.1, 0.15) is 5.75 Å². The molecule has 1 aliphatic rings. The van der Waals surface area contributed by atoms with Gasteiger partial charge in [0.25, 0.3) is 5.91 Å². The number of nitrogens with zero attached hydrogens (tertiary/aromatic N) is 1. The Morgan fingerprint density at radius 2 is 2.08 bits per heavy atom. The van der Waals surface area contributed by atoms with Crippen LogP contribution >= 0.6 is 0 Å². The first kappa shape index (κ1) is 16.5. The first-order valence-electron chi connectivity index (χ1n) is 8.71. The minimum Gasteiger partial charge on any atom is -0.481 e. The molecule has 4 heteroatoms. The normalized spacial score (nSPS) is 14.5. The summed E-state index contributed by atoms with van der Waals surface area (Å²) in [5.74, 6) is 0.707. The van der Waals surface area contributed by atoms with Crippen molar-refractivity contribution in [3.63, 3.8) is 0 Å². The van der Waals surface area contributed by atoms with Crippen LogP contribution in [0.15, 0.2) is 42.7 Å². The molecule has 1 unspecified atom stereocenters. The number of aryl methyl sites for hydroxylation is 2. The molecule has 24 heavy (non-hydrogen) atoms. The number of hydrogen-bond donors (Lipinski definition) is 1. The zero-order valence-corrected chi connectivity index (χ0v) is 14.1. The summed E-state index contributed by atoms with van der Waals surface area (Å²) in [5, 5.41) is 2.93. The Bertz CT molecular complexity index is 685. The molecule has 0 aliphatic heterocycles. The molecular formula is C20H24N2O2. The molecule has 126 valence electrons. The van der Waals surface area contributed by atoms with Gasteiger partial charge in [-0.15, -0.1) is 0 Å². The second-order valence-electron chi connectivity index (χ2n) is 6.23. The van der Waals surface area contributed by atoms with Crippen molar-refractivity contribution in [1.29, 1.82) is 0 Å². The standard InChI is InChI=1S/C20H24N2O2/c1-2-19(20(23)22-14-15-6-5-11-21-13-15)24-18-10-9-16-7-3-4-8-17(16)12-18/h5-6,9-13,19H,2-4,7-8,14H2,1H3,(H,22,23). The number of carbonyl (C=O) groups is 1. The largest absolute Gasteiger partial charge is 0.481 e. The summed E-state index contributed by atoms with van der Waals surface area (Å²) in [6.45, 7) is 2.43. The lowest BCUT2D eigenvalue weighted by atomic mass is 9.92. The Morgan fingerprint density at radius 3 is 2.83 bits per heavy atom. The van der Waals surface area contributed by atoms with Gasteiger partial charge in [-0.2, -0.15) is 0 Å². The molecule has 1 N–H and O–H groups in total. The molecule has 0 spiro atoms. The lowest BCUT2D eigenvalue weighted by Gasteiger charge is -2.20. The summed E-state index contributed by atoms with van der Waals surface area (Å²) in [4.78, 5) is 16.4. The van der Waals surface area contributed by atoms with Gasteiger partial charge in [-0.05, 0) is 67.0 Å². The molecule has 0 fully saturated rings. The van der Waals surface area contributed by atoms with Crippen LogP contribution in [-0.2, 0) is 24.2 Å². The van der Waals surface area contributed by atoms with Crippen LogP contribution in [0.25, 0.3) is 0 Å². The van der Waals surface area contributed by atoms with E-state index >= 15 is 0 Å². The number of nitrogens with one attached hydrogen (secondary N) is 1. The molecule has 1 amide bonds. The maximum Gasteiger partial charge on any atom is 0.261 e. The maximum absolute atomic E-state index is 12.4. The summed E-state index contributed by atoms with van der Waals surface area (Å²) in [6.07, 6.45) is 8.40. The van der Waals surface area contributed by atoms with Crippen molar-refractivity contribution in [2.75, 3.05) is 0 Å². The number of benzene rings is 1. The van der Waals surface area contributed by atoms with Crippen LogP contribution in [0.4, 0.5) is 0 Å². The molecule has 4 nitrogen and oxygen atoms in total. The lowest BCUT2D eigenvalue weighted by molar-refractivity contribution is -0.128. The van der Waals surface area contributed by atoms with E-state index in [2.05, 4.69) is 22.4 Å². The van der Waals surface area contributed by atoms with Gasteiger partial charge in [-0.1, -0.05) is 19.1 Å². The maximum atomic E-state index is 12.4. The van der Waals surface area contributed by atoms with E-state index < -0.39 is 6.10 Å². The summed E-state index contributed by atoms with van der Waals surface area (Å²) in [5.41, 5.74) is 3.77. The first-order chi connectivity index (χ1) is 11.8. The molecule has 0 saturated heterocycles. The number of fused-ring (bicyclic) bond motifs is 1. The van der Waals surface area contributed by atoms with Gasteiger partial charge < -0.3 is 10.1 Å². The fourth-order valence-electron chi connectivity index (χ4n) is 3.08. The Kier molecular flexibility index (Phi) is 5.47. The number of aromatic nitrogens is 1. The highest BCUT2D eigenvalue weighted by Crippen LogP contribution is 2.26. The van der Waals surface area contributed by atoms with E-state index in [-0.39, 0.29) is 5.91 Å². The molecular weight excluding hydrogens is 300 g/mol. The van der Waals surface area contributed by atoms with Crippen LogP contribution in [0.3, 0.4) is 0 Å². The van der Waals surface area contributed by atoms with Gasteiger partial charge in [0.15, 0.2) is 6.10 Å². The molecule has 1 aromatic heterocycles. The molecule has 1 aliphatic carbocycles. The van der Waals surface area contributed by atoms with E-state index in [9.17, 15) is 4.79 Å². The Balaban J connectivity index is 1.60. The summed E-state index contributed by atoms with van der Waals surface area (Å²) >= 11 is 0. The zero-order valence-electron chi connectivity index (χ0n) is 14.1. The van der Waals surface area contributed by atoms with Crippen molar-refractivity contribution in [2.45, 2.75) is 51.7 Å². The smallest absolute Gasteiger partial charge is 0.261 e. The predicted octanol–water partition coefficient (Wildman–Crippen LogP) is 3.43. The van der Waals surface area contributed by atoms with Gasteiger partial charge in [0.05, 0.1) is 0 Å². The van der Waals surface area contributed by atoms with Crippen LogP contribution in [0.5, 0.6) is 5.75 Å². The topological polar surface area (TPSA) is 51.2 Å². The number of rotatable bonds is 6. The van der Waals surface area contributed by atoms with Crippen molar-refractivity contribution >= 4 is 5.91 Å². The second-order valence-corrected chi connectivity index (χ2v) is 6.23. The van der Waals surface area contributed by atoms with E-state index in [1.54, 1.807) is 12.4 Å². The summed E-state index contributed by atoms with van der Waals surface area (Å²) in [6, 6.07) is 10.0. The Hall–Kier alpha value is -2.36. The number of carbonyl (C=O) groups excluding carboxylic acids is 1. The molecule has 1 atom stereocenters. The molecule has 0 bridgehead atoms. The molecule has 1 heterocycles. The van der Waals surface area contributed by atoms with Crippen LogP contribution < -0.4 is 10.1 Å². The molecule has 0 saturated carbocycles. The third-order valence-electron chi connectivity index (χ3n) is 4.45. The third-order valence-corrected chi connectivity index (χ3v) is 4.45. The second kappa shape index (κ2) is 7.95. The van der Waals surface area contributed by atoms with Gasteiger partial charge in [-0.3, -0.25) is 9.78 Å². The van der Waals surface area contributed by atoms with Crippen molar-refractivity contribution in [1.82, 2.24) is 10.3 Å². The highest BCUT2D eigenvalue weighted by atomic mass is 16.5. The fraction of sp³-hybridized carbons (Fsp3) is 0.400. The van der Waals surface area contributed by atoms with E-state index in [4.69, 9.17) is 4.74 Å². The van der Waals surface area contributed by atoms with E-state index in [0.29, 0.717) is 13.0 Å². The van der Waals surface area contributed by atoms with Crippen LogP contribution in [0.1, 0.15) is 42.9 Å². The minimum atomic E-state index is -0.469. The number of pyridine rings is 1. The number of amides is 1. The Labute approximate surface area is 143 Å². The first-order valence-corrected chi connectivity index (χ1v) is 8.71. The molecule has 0 radical (unpaired) electrons. The Morgan fingerprint density at radius 1 is 1.25 bits per heavy atom. The highest BCUT2D eigenvalue weighted by molar-refractivity contribution is 5.81. The third kappa shape index (κ3) is 4.13. The van der Waals surface area contributed by atoms with E-state index in [0.717, 1.165) is 24.2 Å². The summed E-state index contributed by atoms with van der Waals surface area (Å²) < 4.78 is 5.95. The predicted molar refractivity (Wildman–Crippen MR) is 93.9 cm³/mol. The van der Waals surface area contributed by atoms with Crippen molar-refractivity contribution in [2.24, 2.45) is 0 Å². The number of hydrogen-bond acceptors (Lipinski definition) is 3. The van der Waals surface area contributed by atoms with Gasteiger partial charge in [-0.25, -0.2) is 0 Å². The van der Waals surface area contributed by atoms with Gasteiger partial charge in [0.2, 0.25) is 0 Å². The molecule has 2 aromatic rings. The van der Waals surface area contributed by atoms with E-state index in [1.807, 2.05) is 25.1 Å².